The van der Waals surface area contributed by atoms with Crippen molar-refractivity contribution in [1.29, 1.82) is 0 Å². The minimum absolute atomic E-state index is 0.122. The third-order valence-corrected chi connectivity index (χ3v) is 9.02. The fourth-order valence-electron chi connectivity index (χ4n) is 5.95. The van der Waals surface area contributed by atoms with Crippen LogP contribution in [0.1, 0.15) is 55.7 Å². The van der Waals surface area contributed by atoms with E-state index in [1.807, 2.05) is 23.1 Å². The zero-order valence-electron chi connectivity index (χ0n) is 20.5. The van der Waals surface area contributed by atoms with Gasteiger partial charge in [0.2, 0.25) is 11.8 Å². The SMILES string of the molecule is O=C(NC1CCCc2ccccc21)C1CCN(C2CCN(C(=O)CSc3ccccc3)CC2)CC1. The van der Waals surface area contributed by atoms with Crippen molar-refractivity contribution in [2.75, 3.05) is 31.9 Å². The second-order valence-corrected chi connectivity index (χ2v) is 11.2. The van der Waals surface area contributed by atoms with Crippen LogP contribution in [0.25, 0.3) is 0 Å². The Bertz CT molecular complexity index is 998. The molecular weight excluding hydrogens is 454 g/mol. The molecule has 2 heterocycles. The van der Waals surface area contributed by atoms with Crippen molar-refractivity contribution >= 4 is 23.6 Å². The molecule has 5 rings (SSSR count). The molecule has 0 bridgehead atoms. The predicted molar refractivity (Wildman–Crippen MR) is 141 cm³/mol. The van der Waals surface area contributed by atoms with Gasteiger partial charge in [-0.05, 0) is 81.3 Å². The lowest BCUT2D eigenvalue weighted by atomic mass is 9.86. The first-order valence-electron chi connectivity index (χ1n) is 13.3. The molecule has 0 saturated carbocycles. The molecular formula is C29H37N3O2S. The molecule has 35 heavy (non-hydrogen) atoms. The van der Waals surface area contributed by atoms with Gasteiger partial charge >= 0.3 is 0 Å². The van der Waals surface area contributed by atoms with Crippen LogP contribution in [0.2, 0.25) is 0 Å². The highest BCUT2D eigenvalue weighted by molar-refractivity contribution is 8.00. The van der Waals surface area contributed by atoms with Gasteiger partial charge in [0.25, 0.3) is 0 Å². The molecule has 1 N–H and O–H groups in total. The number of amides is 2. The van der Waals surface area contributed by atoms with Crippen LogP contribution >= 0.6 is 11.8 Å². The monoisotopic (exact) mass is 491 g/mol. The first kappa shape index (κ1) is 24.4. The quantitative estimate of drug-likeness (QED) is 0.597. The van der Waals surface area contributed by atoms with Gasteiger partial charge in [-0.1, -0.05) is 42.5 Å². The summed E-state index contributed by atoms with van der Waals surface area (Å²) in [6, 6.07) is 19.4. The summed E-state index contributed by atoms with van der Waals surface area (Å²) in [6.45, 7) is 3.67. The topological polar surface area (TPSA) is 52.7 Å². The second-order valence-electron chi connectivity index (χ2n) is 10.2. The zero-order valence-corrected chi connectivity index (χ0v) is 21.3. The van der Waals surface area contributed by atoms with Crippen LogP contribution in [0.3, 0.4) is 0 Å². The van der Waals surface area contributed by atoms with Crippen molar-refractivity contribution in [3.63, 3.8) is 0 Å². The summed E-state index contributed by atoms with van der Waals surface area (Å²) in [5.74, 6) is 1.12. The zero-order chi connectivity index (χ0) is 24.0. The van der Waals surface area contributed by atoms with Gasteiger partial charge < -0.3 is 15.1 Å². The van der Waals surface area contributed by atoms with Gasteiger partial charge in [-0.15, -0.1) is 11.8 Å². The third-order valence-electron chi connectivity index (χ3n) is 8.03. The van der Waals surface area contributed by atoms with E-state index in [-0.39, 0.29) is 23.8 Å². The number of piperidine rings is 2. The lowest BCUT2D eigenvalue weighted by Crippen LogP contribution is -2.50. The number of aryl methyl sites for hydroxylation is 1. The maximum atomic E-state index is 13.1. The van der Waals surface area contributed by atoms with Gasteiger partial charge in [0, 0.05) is 29.9 Å². The lowest BCUT2D eigenvalue weighted by Gasteiger charge is -2.41. The molecule has 2 fully saturated rings. The molecule has 0 radical (unpaired) electrons. The number of nitrogens with one attached hydrogen (secondary N) is 1. The van der Waals surface area contributed by atoms with Crippen LogP contribution in [0, 0.1) is 5.92 Å². The standard InChI is InChI=1S/C29H37N3O2S/c33-28(21-35-25-9-2-1-3-10-25)32-19-15-24(16-20-32)31-17-13-23(14-18-31)29(34)30-27-12-6-8-22-7-4-5-11-26(22)27/h1-5,7,9-11,23-24,27H,6,8,12-21H2,(H,30,34). The average molecular weight is 492 g/mol. The third kappa shape index (κ3) is 6.10. The van der Waals surface area contributed by atoms with E-state index in [2.05, 4.69) is 46.6 Å². The number of rotatable bonds is 6. The maximum absolute atomic E-state index is 13.1. The van der Waals surface area contributed by atoms with Gasteiger partial charge in [0.15, 0.2) is 0 Å². The van der Waals surface area contributed by atoms with E-state index < -0.39 is 0 Å². The van der Waals surface area contributed by atoms with Crippen LogP contribution in [0.5, 0.6) is 0 Å². The molecule has 1 atom stereocenters. The lowest BCUT2D eigenvalue weighted by molar-refractivity contribution is -0.131. The summed E-state index contributed by atoms with van der Waals surface area (Å²) in [5, 5.41) is 3.38. The Kier molecular flexibility index (Phi) is 8.09. The number of hydrogen-bond donors (Lipinski definition) is 1. The summed E-state index contributed by atoms with van der Waals surface area (Å²) >= 11 is 1.62. The van der Waals surface area contributed by atoms with E-state index in [4.69, 9.17) is 0 Å². The maximum Gasteiger partial charge on any atom is 0.232 e. The van der Waals surface area contributed by atoms with Gasteiger partial charge in [0.1, 0.15) is 0 Å². The largest absolute Gasteiger partial charge is 0.349 e. The summed E-state index contributed by atoms with van der Waals surface area (Å²) in [6.07, 6.45) is 7.27. The van der Waals surface area contributed by atoms with E-state index >= 15 is 0 Å². The van der Waals surface area contributed by atoms with Crippen LogP contribution < -0.4 is 5.32 Å². The highest BCUT2D eigenvalue weighted by atomic mass is 32.2. The minimum atomic E-state index is 0.122. The molecule has 5 nitrogen and oxygen atoms in total. The highest BCUT2D eigenvalue weighted by Crippen LogP contribution is 2.31. The highest BCUT2D eigenvalue weighted by Gasteiger charge is 2.32. The summed E-state index contributed by atoms with van der Waals surface area (Å²) in [4.78, 5) is 31.5. The second kappa shape index (κ2) is 11.6. The van der Waals surface area contributed by atoms with Crippen LogP contribution in [-0.2, 0) is 16.0 Å². The van der Waals surface area contributed by atoms with Gasteiger partial charge in [-0.25, -0.2) is 0 Å². The number of thioether (sulfide) groups is 1. The molecule has 1 aliphatic carbocycles. The van der Waals surface area contributed by atoms with Gasteiger partial charge in [0.05, 0.1) is 11.8 Å². The molecule has 186 valence electrons. The van der Waals surface area contributed by atoms with Crippen LogP contribution in [0.15, 0.2) is 59.5 Å². The number of benzene rings is 2. The van der Waals surface area contributed by atoms with Crippen molar-refractivity contribution in [2.24, 2.45) is 5.92 Å². The predicted octanol–water partition coefficient (Wildman–Crippen LogP) is 4.68. The normalized spacial score (nSPS) is 21.9. The number of nitrogens with zero attached hydrogens (tertiary/aromatic N) is 2. The van der Waals surface area contributed by atoms with Crippen molar-refractivity contribution in [3.8, 4) is 0 Å². The van der Waals surface area contributed by atoms with E-state index in [1.165, 1.54) is 11.1 Å². The van der Waals surface area contributed by atoms with Gasteiger partial charge in [-0.3, -0.25) is 9.59 Å². The fraction of sp³-hybridized carbons (Fsp3) is 0.517. The Morgan fingerprint density at radius 1 is 0.857 bits per heavy atom. The molecule has 2 aromatic rings. The van der Waals surface area contributed by atoms with E-state index in [0.717, 1.165) is 76.0 Å². The summed E-state index contributed by atoms with van der Waals surface area (Å²) in [5.41, 5.74) is 2.70. The number of fused-ring (bicyclic) bond motifs is 1. The molecule has 1 unspecified atom stereocenters. The summed E-state index contributed by atoms with van der Waals surface area (Å²) < 4.78 is 0. The van der Waals surface area contributed by atoms with Crippen molar-refractivity contribution < 1.29 is 9.59 Å². The Balaban J connectivity index is 1.04. The van der Waals surface area contributed by atoms with Crippen molar-refractivity contribution in [3.05, 3.63) is 65.7 Å². The average Bonchev–Trinajstić information content (AvgIpc) is 2.93. The molecule has 2 saturated heterocycles. The molecule has 2 amide bonds. The minimum Gasteiger partial charge on any atom is -0.349 e. The molecule has 2 aliphatic heterocycles. The fourth-order valence-corrected chi connectivity index (χ4v) is 6.78. The smallest absolute Gasteiger partial charge is 0.232 e. The molecule has 3 aliphatic rings. The number of likely N-dealkylation sites (tertiary alicyclic amines) is 2. The van der Waals surface area contributed by atoms with Crippen LogP contribution in [-0.4, -0.2) is 59.6 Å². The van der Waals surface area contributed by atoms with Crippen molar-refractivity contribution in [1.82, 2.24) is 15.1 Å². The Morgan fingerprint density at radius 2 is 1.57 bits per heavy atom. The molecule has 2 aromatic carbocycles. The number of hydrogen-bond acceptors (Lipinski definition) is 4. The number of carbonyl (C=O) groups is 2. The van der Waals surface area contributed by atoms with E-state index in [0.29, 0.717) is 11.8 Å². The first-order chi connectivity index (χ1) is 17.2. The van der Waals surface area contributed by atoms with E-state index in [9.17, 15) is 9.59 Å². The van der Waals surface area contributed by atoms with E-state index in [1.54, 1.807) is 11.8 Å². The Labute approximate surface area is 213 Å². The number of carbonyl (C=O) groups excluding carboxylic acids is 2. The summed E-state index contributed by atoms with van der Waals surface area (Å²) in [7, 11) is 0. The first-order valence-corrected chi connectivity index (χ1v) is 14.2. The van der Waals surface area contributed by atoms with Gasteiger partial charge in [-0.2, -0.15) is 0 Å². The Hall–Kier alpha value is -2.31. The van der Waals surface area contributed by atoms with Crippen LogP contribution in [0.4, 0.5) is 0 Å². The molecule has 6 heteroatoms. The molecule has 0 aromatic heterocycles. The van der Waals surface area contributed by atoms with Crippen molar-refractivity contribution in [2.45, 2.75) is 61.9 Å². The Morgan fingerprint density at radius 3 is 2.34 bits per heavy atom. The molecule has 0 spiro atoms.